The molecule has 1 aliphatic carbocycles. The van der Waals surface area contributed by atoms with Gasteiger partial charge in [-0.2, -0.15) is 0 Å². The van der Waals surface area contributed by atoms with Gasteiger partial charge in [-0.1, -0.05) is 61.5 Å². The van der Waals surface area contributed by atoms with Crippen LogP contribution in [0.5, 0.6) is 0 Å². The van der Waals surface area contributed by atoms with E-state index in [9.17, 15) is 4.79 Å². The highest BCUT2D eigenvalue weighted by Gasteiger charge is 2.17. The predicted octanol–water partition coefficient (Wildman–Crippen LogP) is 5.11. The lowest BCUT2D eigenvalue weighted by Gasteiger charge is -2.20. The number of aromatic nitrogens is 3. The van der Waals surface area contributed by atoms with Crippen molar-refractivity contribution in [3.8, 4) is 11.4 Å². The molecule has 1 amide bonds. The van der Waals surface area contributed by atoms with Crippen LogP contribution in [-0.4, -0.2) is 32.5 Å². The molecule has 1 aromatic heterocycles. The lowest BCUT2D eigenvalue weighted by molar-refractivity contribution is -0.119. The molecule has 1 aliphatic rings. The van der Waals surface area contributed by atoms with Gasteiger partial charge in [0.05, 0.1) is 5.75 Å². The second-order valence-corrected chi connectivity index (χ2v) is 8.49. The Bertz CT molecular complexity index is 782. The standard InChI is InChI=1S/C21H27ClN4OS/c1-2-14-26-20(16-10-12-17(22)13-11-16)24-25-21(26)28-15-19(27)23-18-8-6-4-3-5-7-9-18/h2,10-13,18H,1,3-9,14-15H2,(H,23,27). The maximum Gasteiger partial charge on any atom is 0.230 e. The molecule has 0 bridgehead atoms. The molecule has 1 saturated carbocycles. The summed E-state index contributed by atoms with van der Waals surface area (Å²) in [5, 5.41) is 13.2. The highest BCUT2D eigenvalue weighted by molar-refractivity contribution is 7.99. The van der Waals surface area contributed by atoms with E-state index in [4.69, 9.17) is 11.6 Å². The SMILES string of the molecule is C=CCn1c(SCC(=O)NC2CCCCCCC2)nnc1-c1ccc(Cl)cc1. The summed E-state index contributed by atoms with van der Waals surface area (Å²) in [6.45, 7) is 4.41. The Balaban J connectivity index is 1.62. The molecule has 28 heavy (non-hydrogen) atoms. The minimum absolute atomic E-state index is 0.0665. The molecule has 0 saturated heterocycles. The summed E-state index contributed by atoms with van der Waals surface area (Å²) in [5.74, 6) is 1.16. The van der Waals surface area contributed by atoms with Crippen LogP contribution in [0.4, 0.5) is 0 Å². The number of allylic oxidation sites excluding steroid dienone is 1. The van der Waals surface area contributed by atoms with Gasteiger partial charge in [-0.15, -0.1) is 16.8 Å². The third-order valence-electron chi connectivity index (χ3n) is 4.93. The second kappa shape index (κ2) is 10.7. The van der Waals surface area contributed by atoms with Crippen LogP contribution in [0, 0.1) is 0 Å². The molecule has 1 N–H and O–H groups in total. The fourth-order valence-corrected chi connectivity index (χ4v) is 4.39. The van der Waals surface area contributed by atoms with Crippen LogP contribution in [0.2, 0.25) is 5.02 Å². The lowest BCUT2D eigenvalue weighted by Crippen LogP contribution is -2.36. The van der Waals surface area contributed by atoms with Crippen LogP contribution in [0.25, 0.3) is 11.4 Å². The highest BCUT2D eigenvalue weighted by Crippen LogP contribution is 2.25. The van der Waals surface area contributed by atoms with Crippen molar-refractivity contribution in [3.05, 3.63) is 41.9 Å². The Kier molecular flexibility index (Phi) is 7.98. The number of hydrogen-bond acceptors (Lipinski definition) is 4. The summed E-state index contributed by atoms with van der Waals surface area (Å²) < 4.78 is 1.98. The molecule has 0 unspecified atom stereocenters. The van der Waals surface area contributed by atoms with Gasteiger partial charge < -0.3 is 5.32 Å². The van der Waals surface area contributed by atoms with Crippen LogP contribution in [0.15, 0.2) is 42.1 Å². The quantitative estimate of drug-likeness (QED) is 0.501. The molecule has 3 rings (SSSR count). The van der Waals surface area contributed by atoms with Crippen molar-refractivity contribution in [2.75, 3.05) is 5.75 Å². The summed E-state index contributed by atoms with van der Waals surface area (Å²) in [7, 11) is 0. The lowest BCUT2D eigenvalue weighted by atomic mass is 9.97. The van der Waals surface area contributed by atoms with E-state index in [1.165, 1.54) is 43.9 Å². The van der Waals surface area contributed by atoms with E-state index < -0.39 is 0 Å². The molecule has 150 valence electrons. The zero-order valence-corrected chi connectivity index (χ0v) is 17.6. The molecule has 5 nitrogen and oxygen atoms in total. The maximum absolute atomic E-state index is 12.4. The molecular formula is C21H27ClN4OS. The van der Waals surface area contributed by atoms with Gasteiger partial charge in [-0.25, -0.2) is 0 Å². The minimum atomic E-state index is 0.0665. The number of benzene rings is 1. The van der Waals surface area contributed by atoms with Crippen molar-refractivity contribution in [2.24, 2.45) is 0 Å². The van der Waals surface area contributed by atoms with Crippen molar-refractivity contribution >= 4 is 29.3 Å². The first-order chi connectivity index (χ1) is 13.7. The van der Waals surface area contributed by atoms with Gasteiger partial charge in [0.15, 0.2) is 11.0 Å². The Morgan fingerprint density at radius 1 is 1.18 bits per heavy atom. The molecule has 0 spiro atoms. The number of nitrogens with zero attached hydrogens (tertiary/aromatic N) is 3. The molecule has 2 aromatic rings. The van der Waals surface area contributed by atoms with Crippen molar-refractivity contribution in [3.63, 3.8) is 0 Å². The molecule has 1 aromatic carbocycles. The number of nitrogens with one attached hydrogen (secondary N) is 1. The van der Waals surface area contributed by atoms with Gasteiger partial charge in [0.2, 0.25) is 5.91 Å². The monoisotopic (exact) mass is 418 g/mol. The maximum atomic E-state index is 12.4. The average molecular weight is 419 g/mol. The van der Waals surface area contributed by atoms with Gasteiger partial charge in [0.25, 0.3) is 0 Å². The molecule has 0 radical (unpaired) electrons. The van der Waals surface area contributed by atoms with Crippen LogP contribution in [-0.2, 0) is 11.3 Å². The van der Waals surface area contributed by atoms with Crippen molar-refractivity contribution in [1.29, 1.82) is 0 Å². The number of rotatable bonds is 7. The van der Waals surface area contributed by atoms with E-state index in [1.807, 2.05) is 28.8 Å². The molecule has 0 atom stereocenters. The predicted molar refractivity (Wildman–Crippen MR) is 116 cm³/mol. The van der Waals surface area contributed by atoms with E-state index in [0.29, 0.717) is 23.4 Å². The smallest absolute Gasteiger partial charge is 0.230 e. The van der Waals surface area contributed by atoms with Crippen molar-refractivity contribution in [1.82, 2.24) is 20.1 Å². The summed E-state index contributed by atoms with van der Waals surface area (Å²) in [6, 6.07) is 7.81. The van der Waals surface area contributed by atoms with Gasteiger partial charge in [-0.05, 0) is 37.1 Å². The molecular weight excluding hydrogens is 392 g/mol. The highest BCUT2D eigenvalue weighted by atomic mass is 35.5. The summed E-state index contributed by atoms with van der Waals surface area (Å²) >= 11 is 7.40. The van der Waals surface area contributed by atoms with Gasteiger partial charge >= 0.3 is 0 Å². The fraction of sp³-hybridized carbons (Fsp3) is 0.476. The summed E-state index contributed by atoms with van der Waals surface area (Å²) in [6.07, 6.45) is 10.3. The largest absolute Gasteiger partial charge is 0.353 e. The molecule has 0 aliphatic heterocycles. The first-order valence-corrected chi connectivity index (χ1v) is 11.3. The van der Waals surface area contributed by atoms with E-state index in [1.54, 1.807) is 6.08 Å². The Morgan fingerprint density at radius 3 is 2.54 bits per heavy atom. The van der Waals surface area contributed by atoms with Gasteiger partial charge in [0.1, 0.15) is 0 Å². The number of carbonyl (C=O) groups is 1. The van der Waals surface area contributed by atoms with Gasteiger partial charge in [-0.3, -0.25) is 9.36 Å². The topological polar surface area (TPSA) is 59.8 Å². The number of halogens is 1. The van der Waals surface area contributed by atoms with Gasteiger partial charge in [0, 0.05) is 23.2 Å². The van der Waals surface area contributed by atoms with Crippen LogP contribution in [0.1, 0.15) is 44.9 Å². The van der Waals surface area contributed by atoms with E-state index in [2.05, 4.69) is 22.1 Å². The number of carbonyl (C=O) groups excluding carboxylic acids is 1. The summed E-state index contributed by atoms with van der Waals surface area (Å²) in [4.78, 5) is 12.4. The number of amides is 1. The third-order valence-corrected chi connectivity index (χ3v) is 6.15. The van der Waals surface area contributed by atoms with Crippen molar-refractivity contribution in [2.45, 2.75) is 62.7 Å². The first kappa shape index (κ1) is 20.9. The Labute approximate surface area is 176 Å². The zero-order chi connectivity index (χ0) is 19.8. The molecule has 1 fully saturated rings. The Morgan fingerprint density at radius 2 is 1.86 bits per heavy atom. The number of thioether (sulfide) groups is 1. The average Bonchev–Trinajstić information content (AvgIpc) is 3.06. The minimum Gasteiger partial charge on any atom is -0.353 e. The van der Waals surface area contributed by atoms with E-state index in [0.717, 1.165) is 29.4 Å². The molecule has 1 heterocycles. The van der Waals surface area contributed by atoms with Crippen LogP contribution >= 0.6 is 23.4 Å². The fourth-order valence-electron chi connectivity index (χ4n) is 3.50. The number of hydrogen-bond donors (Lipinski definition) is 1. The van der Waals surface area contributed by atoms with Crippen molar-refractivity contribution < 1.29 is 4.79 Å². The first-order valence-electron chi connectivity index (χ1n) is 9.89. The molecule has 7 heteroatoms. The third kappa shape index (κ3) is 5.85. The zero-order valence-electron chi connectivity index (χ0n) is 16.1. The van der Waals surface area contributed by atoms with Crippen LogP contribution < -0.4 is 5.32 Å². The summed E-state index contributed by atoms with van der Waals surface area (Å²) in [5.41, 5.74) is 0.935. The Hall–Kier alpha value is -1.79. The second-order valence-electron chi connectivity index (χ2n) is 7.11. The van der Waals surface area contributed by atoms with E-state index >= 15 is 0 Å². The van der Waals surface area contributed by atoms with E-state index in [-0.39, 0.29) is 5.91 Å². The van der Waals surface area contributed by atoms with Crippen LogP contribution in [0.3, 0.4) is 0 Å². The normalized spacial score (nSPS) is 15.6.